The number of hydrazine groups is 1. The van der Waals surface area contributed by atoms with Gasteiger partial charge < -0.3 is 14.3 Å². The molecule has 1 saturated heterocycles. The molecule has 1 fully saturated rings. The zero-order valence-electron chi connectivity index (χ0n) is 16.7. The van der Waals surface area contributed by atoms with E-state index in [0.717, 1.165) is 5.01 Å². The van der Waals surface area contributed by atoms with Crippen molar-refractivity contribution in [1.82, 2.24) is 5.43 Å². The van der Waals surface area contributed by atoms with Gasteiger partial charge in [-0.05, 0) is 54.6 Å². The second kappa shape index (κ2) is 8.23. The number of ether oxygens (including phenoxy) is 1. The number of carboxylic acid groups (broad SMARTS) is 1. The van der Waals surface area contributed by atoms with Gasteiger partial charge in [-0.25, -0.2) is 14.6 Å². The molecule has 2 amide bonds. The molecule has 0 radical (unpaired) electrons. The van der Waals surface area contributed by atoms with E-state index in [9.17, 15) is 19.2 Å². The zero-order chi connectivity index (χ0) is 22.8. The SMILES string of the molecule is COC(=O)c1ccc(N2NC(=O)/C(=C/c3ccc(-c4cccc(C(=O)O)c4)o3)C2=O)cc1. The molecule has 2 aromatic carbocycles. The highest BCUT2D eigenvalue weighted by Crippen LogP contribution is 2.26. The Morgan fingerprint density at radius 3 is 2.47 bits per heavy atom. The number of carbonyl (C=O) groups excluding carboxylic acids is 3. The molecule has 1 aromatic heterocycles. The number of anilines is 1. The van der Waals surface area contributed by atoms with Crippen LogP contribution >= 0.6 is 0 Å². The molecule has 9 heteroatoms. The summed E-state index contributed by atoms with van der Waals surface area (Å²) in [6.07, 6.45) is 1.31. The minimum absolute atomic E-state index is 0.109. The molecule has 9 nitrogen and oxygen atoms in total. The van der Waals surface area contributed by atoms with Gasteiger partial charge in [0.05, 0.1) is 23.9 Å². The quantitative estimate of drug-likeness (QED) is 0.361. The summed E-state index contributed by atoms with van der Waals surface area (Å²) < 4.78 is 10.3. The van der Waals surface area contributed by atoms with Crippen LogP contribution in [0.1, 0.15) is 26.5 Å². The molecule has 1 aliphatic rings. The fraction of sp³-hybridized carbons (Fsp3) is 0.0435. The third kappa shape index (κ3) is 3.86. The lowest BCUT2D eigenvalue weighted by Gasteiger charge is -2.14. The number of aromatic carboxylic acids is 1. The van der Waals surface area contributed by atoms with E-state index in [0.29, 0.717) is 22.6 Å². The van der Waals surface area contributed by atoms with Gasteiger partial charge in [-0.3, -0.25) is 15.0 Å². The van der Waals surface area contributed by atoms with Crippen LogP contribution in [0.5, 0.6) is 0 Å². The van der Waals surface area contributed by atoms with Crippen molar-refractivity contribution >= 4 is 35.5 Å². The molecule has 32 heavy (non-hydrogen) atoms. The van der Waals surface area contributed by atoms with Crippen LogP contribution in [0, 0.1) is 0 Å². The van der Waals surface area contributed by atoms with Gasteiger partial charge in [-0.15, -0.1) is 0 Å². The molecule has 4 rings (SSSR count). The highest BCUT2D eigenvalue weighted by molar-refractivity contribution is 6.31. The fourth-order valence-corrected chi connectivity index (χ4v) is 3.14. The minimum Gasteiger partial charge on any atom is -0.478 e. The van der Waals surface area contributed by atoms with E-state index in [1.165, 1.54) is 49.6 Å². The third-order valence-corrected chi connectivity index (χ3v) is 4.75. The lowest BCUT2D eigenvalue weighted by molar-refractivity contribution is -0.117. The average Bonchev–Trinajstić information content (AvgIpc) is 3.39. The van der Waals surface area contributed by atoms with E-state index in [4.69, 9.17) is 9.52 Å². The topological polar surface area (TPSA) is 126 Å². The molecule has 0 saturated carbocycles. The molecule has 2 N–H and O–H groups in total. The summed E-state index contributed by atoms with van der Waals surface area (Å²) >= 11 is 0. The van der Waals surface area contributed by atoms with Gasteiger partial charge in [0.25, 0.3) is 11.8 Å². The summed E-state index contributed by atoms with van der Waals surface area (Å²) in [5.74, 6) is -2.14. The Balaban J connectivity index is 1.57. The van der Waals surface area contributed by atoms with Gasteiger partial charge in [0, 0.05) is 5.56 Å². The highest BCUT2D eigenvalue weighted by Gasteiger charge is 2.34. The van der Waals surface area contributed by atoms with Gasteiger partial charge in [-0.2, -0.15) is 0 Å². The van der Waals surface area contributed by atoms with Crippen LogP contribution in [0.3, 0.4) is 0 Å². The van der Waals surface area contributed by atoms with Crippen LogP contribution < -0.4 is 10.4 Å². The molecular weight excluding hydrogens is 416 g/mol. The van der Waals surface area contributed by atoms with E-state index >= 15 is 0 Å². The molecule has 2 heterocycles. The Hall–Kier alpha value is -4.66. The molecule has 3 aromatic rings. The molecule has 0 aliphatic carbocycles. The van der Waals surface area contributed by atoms with Crippen molar-refractivity contribution in [2.75, 3.05) is 12.1 Å². The van der Waals surface area contributed by atoms with Gasteiger partial charge in [-0.1, -0.05) is 12.1 Å². The number of furan rings is 1. The van der Waals surface area contributed by atoms with Gasteiger partial charge in [0.15, 0.2) is 0 Å². The summed E-state index contributed by atoms with van der Waals surface area (Å²) in [6.45, 7) is 0. The van der Waals surface area contributed by atoms with Crippen molar-refractivity contribution < 1.29 is 33.4 Å². The first-order chi connectivity index (χ1) is 15.4. The second-order valence-electron chi connectivity index (χ2n) is 6.77. The number of amides is 2. The predicted molar refractivity (Wildman–Crippen MR) is 112 cm³/mol. The standard InChI is InChI=1S/C23H16N2O7/c1-31-23(30)13-5-7-16(8-6-13)25-21(27)18(20(26)24-25)12-17-9-10-19(32-17)14-3-2-4-15(11-14)22(28)29/h2-12H,1H3,(H,24,26)(H,28,29)/b18-12-. The predicted octanol–water partition coefficient (Wildman–Crippen LogP) is 2.89. The summed E-state index contributed by atoms with van der Waals surface area (Å²) in [5, 5.41) is 10.2. The maximum Gasteiger partial charge on any atom is 0.337 e. The van der Waals surface area contributed by atoms with Crippen LogP contribution in [0.25, 0.3) is 17.4 Å². The Bertz CT molecular complexity index is 1270. The van der Waals surface area contributed by atoms with Crippen LogP contribution in [0.15, 0.2) is 70.7 Å². The van der Waals surface area contributed by atoms with Crippen LogP contribution in [-0.4, -0.2) is 36.0 Å². The normalized spacial score (nSPS) is 14.5. The summed E-state index contributed by atoms with van der Waals surface area (Å²) in [7, 11) is 1.26. The number of carbonyl (C=O) groups is 4. The monoisotopic (exact) mass is 432 g/mol. The molecule has 160 valence electrons. The molecule has 0 unspecified atom stereocenters. The summed E-state index contributed by atoms with van der Waals surface area (Å²) in [6, 6.07) is 15.4. The van der Waals surface area contributed by atoms with Crippen molar-refractivity contribution in [2.45, 2.75) is 0 Å². The molecule has 1 aliphatic heterocycles. The largest absolute Gasteiger partial charge is 0.478 e. The first-order valence-corrected chi connectivity index (χ1v) is 9.36. The maximum absolute atomic E-state index is 12.8. The number of benzene rings is 2. The van der Waals surface area contributed by atoms with Crippen molar-refractivity contribution in [2.24, 2.45) is 0 Å². The lowest BCUT2D eigenvalue weighted by Crippen LogP contribution is -2.35. The highest BCUT2D eigenvalue weighted by atomic mass is 16.5. The number of nitrogens with zero attached hydrogens (tertiary/aromatic N) is 1. The summed E-state index contributed by atoms with van der Waals surface area (Å²) in [4.78, 5) is 47.8. The zero-order valence-corrected chi connectivity index (χ0v) is 16.7. The van der Waals surface area contributed by atoms with Crippen molar-refractivity contribution in [3.8, 4) is 11.3 Å². The second-order valence-corrected chi connectivity index (χ2v) is 6.77. The number of carboxylic acids is 1. The number of methoxy groups -OCH3 is 1. The molecule has 0 bridgehead atoms. The van der Waals surface area contributed by atoms with Gasteiger partial charge in [0.1, 0.15) is 17.1 Å². The van der Waals surface area contributed by atoms with E-state index in [1.54, 1.807) is 24.3 Å². The Morgan fingerprint density at radius 1 is 1.03 bits per heavy atom. The first-order valence-electron chi connectivity index (χ1n) is 9.36. The maximum atomic E-state index is 12.8. The number of hydrogen-bond acceptors (Lipinski definition) is 6. The third-order valence-electron chi connectivity index (χ3n) is 4.75. The number of hydrogen-bond donors (Lipinski definition) is 2. The van der Waals surface area contributed by atoms with E-state index in [-0.39, 0.29) is 16.9 Å². The minimum atomic E-state index is -1.06. The Kier molecular flexibility index (Phi) is 5.30. The fourth-order valence-electron chi connectivity index (χ4n) is 3.14. The van der Waals surface area contributed by atoms with Crippen LogP contribution in [-0.2, 0) is 14.3 Å². The Morgan fingerprint density at radius 2 is 1.78 bits per heavy atom. The van der Waals surface area contributed by atoms with E-state index in [1.807, 2.05) is 0 Å². The number of nitrogens with one attached hydrogen (secondary N) is 1. The number of rotatable bonds is 5. The van der Waals surface area contributed by atoms with Crippen molar-refractivity contribution in [3.05, 3.63) is 83.1 Å². The van der Waals surface area contributed by atoms with Crippen LogP contribution in [0.4, 0.5) is 5.69 Å². The summed E-state index contributed by atoms with van der Waals surface area (Å²) in [5.41, 5.74) is 3.65. The Labute approximate surface area is 181 Å². The van der Waals surface area contributed by atoms with Gasteiger partial charge >= 0.3 is 11.9 Å². The first kappa shape index (κ1) is 20.6. The lowest BCUT2D eigenvalue weighted by atomic mass is 10.1. The molecular formula is C23H16N2O7. The van der Waals surface area contributed by atoms with E-state index < -0.39 is 23.8 Å². The van der Waals surface area contributed by atoms with E-state index in [2.05, 4.69) is 10.2 Å². The molecule has 0 spiro atoms. The average molecular weight is 432 g/mol. The molecule has 0 atom stereocenters. The van der Waals surface area contributed by atoms with Crippen molar-refractivity contribution in [3.63, 3.8) is 0 Å². The van der Waals surface area contributed by atoms with Crippen molar-refractivity contribution in [1.29, 1.82) is 0 Å². The van der Waals surface area contributed by atoms with Crippen LogP contribution in [0.2, 0.25) is 0 Å². The number of esters is 1. The van der Waals surface area contributed by atoms with Gasteiger partial charge in [0.2, 0.25) is 0 Å². The smallest absolute Gasteiger partial charge is 0.337 e.